The molecular formula is C48H45BN2S. The fraction of sp³-hybridized carbons (Fsp3) is 0.250. The van der Waals surface area contributed by atoms with Crippen LogP contribution in [-0.4, -0.2) is 11.4 Å². The Balaban J connectivity index is 1.36. The monoisotopic (exact) mass is 692 g/mol. The van der Waals surface area contributed by atoms with E-state index in [9.17, 15) is 0 Å². The van der Waals surface area contributed by atoms with Crippen LogP contribution in [0.1, 0.15) is 79.0 Å². The van der Waals surface area contributed by atoms with Crippen molar-refractivity contribution >= 4 is 82.5 Å². The third-order valence-corrected chi connectivity index (χ3v) is 13.0. The first-order valence-electron chi connectivity index (χ1n) is 18.8. The van der Waals surface area contributed by atoms with Gasteiger partial charge in [-0.15, -0.1) is 11.3 Å². The van der Waals surface area contributed by atoms with Gasteiger partial charge in [0.15, 0.2) is 0 Å². The Morgan fingerprint density at radius 2 is 1.15 bits per heavy atom. The van der Waals surface area contributed by atoms with E-state index in [0.29, 0.717) is 0 Å². The van der Waals surface area contributed by atoms with Gasteiger partial charge < -0.3 is 9.38 Å². The summed E-state index contributed by atoms with van der Waals surface area (Å²) in [5.41, 5.74) is 16.1. The van der Waals surface area contributed by atoms with E-state index < -0.39 is 0 Å². The topological polar surface area (TPSA) is 8.17 Å². The van der Waals surface area contributed by atoms with Crippen molar-refractivity contribution in [2.24, 2.45) is 0 Å². The molecule has 0 bridgehead atoms. The van der Waals surface area contributed by atoms with E-state index in [1.165, 1.54) is 97.8 Å². The predicted octanol–water partition coefficient (Wildman–Crippen LogP) is 12.3. The van der Waals surface area contributed by atoms with Gasteiger partial charge in [0.05, 0.1) is 11.0 Å². The first kappa shape index (κ1) is 31.9. The Hall–Kier alpha value is -4.80. The van der Waals surface area contributed by atoms with E-state index in [2.05, 4.69) is 181 Å². The normalized spacial score (nSPS) is 14.2. The molecule has 52 heavy (non-hydrogen) atoms. The number of nitrogens with zero attached hydrogens (tertiary/aromatic N) is 2. The average Bonchev–Trinajstić information content (AvgIpc) is 3.63. The van der Waals surface area contributed by atoms with Crippen molar-refractivity contribution in [2.45, 2.75) is 78.6 Å². The smallest absolute Gasteiger partial charge is 0.333 e. The molecule has 4 heteroatoms. The second kappa shape index (κ2) is 10.4. The van der Waals surface area contributed by atoms with Crippen LogP contribution in [0.3, 0.4) is 0 Å². The minimum atomic E-state index is 0.0134. The van der Waals surface area contributed by atoms with E-state index in [4.69, 9.17) is 0 Å². The molecule has 2 aromatic heterocycles. The van der Waals surface area contributed by atoms with Gasteiger partial charge in [-0.2, -0.15) is 0 Å². The van der Waals surface area contributed by atoms with E-state index in [1.54, 1.807) is 0 Å². The van der Waals surface area contributed by atoms with Crippen molar-refractivity contribution in [2.75, 3.05) is 4.81 Å². The minimum absolute atomic E-state index is 0.0134. The molecule has 0 unspecified atom stereocenters. The molecule has 0 spiro atoms. The van der Waals surface area contributed by atoms with Gasteiger partial charge in [-0.3, -0.25) is 0 Å². The van der Waals surface area contributed by atoms with Gasteiger partial charge >= 0.3 is 6.85 Å². The van der Waals surface area contributed by atoms with E-state index >= 15 is 0 Å². The fourth-order valence-corrected chi connectivity index (χ4v) is 10.1. The number of hydrogen-bond donors (Lipinski definition) is 0. The molecule has 2 nitrogen and oxygen atoms in total. The summed E-state index contributed by atoms with van der Waals surface area (Å²) in [5.74, 6) is 0. The first-order chi connectivity index (χ1) is 24.7. The number of hydrogen-bond acceptors (Lipinski definition) is 2. The van der Waals surface area contributed by atoms with Crippen molar-refractivity contribution in [3.05, 3.63) is 126 Å². The standard InChI is InChI=1S/C48H45BN2S/c1-46(2,3)28-14-18-31(19-15-28)51-39-22-16-29(47(4,5)6)24-35(39)33-20-21-34-36-26-37-32-12-10-11-13-42(32)52-43(37)27-41(36)50-40-23-17-30(48(7,8)9)25-38(40)49(51)44(33)45(34)50/h10-27H,1-9H3. The van der Waals surface area contributed by atoms with Gasteiger partial charge in [-0.05, 0) is 98.0 Å². The van der Waals surface area contributed by atoms with Crippen LogP contribution in [0, 0.1) is 0 Å². The summed E-state index contributed by atoms with van der Waals surface area (Å²) in [6, 6.07) is 42.7. The zero-order valence-corrected chi connectivity index (χ0v) is 32.6. The molecule has 6 aromatic carbocycles. The van der Waals surface area contributed by atoms with Gasteiger partial charge in [-0.25, -0.2) is 0 Å². The molecule has 0 aliphatic carbocycles. The highest BCUT2D eigenvalue weighted by Crippen LogP contribution is 2.48. The van der Waals surface area contributed by atoms with Crippen molar-refractivity contribution in [3.8, 4) is 16.8 Å². The Labute approximate surface area is 311 Å². The molecule has 0 amide bonds. The number of fused-ring (bicyclic) bond motifs is 11. The van der Waals surface area contributed by atoms with E-state index in [1.807, 2.05) is 11.3 Å². The van der Waals surface area contributed by atoms with Crippen LogP contribution in [0.15, 0.2) is 109 Å². The van der Waals surface area contributed by atoms with Crippen molar-refractivity contribution < 1.29 is 0 Å². The zero-order chi connectivity index (χ0) is 36.1. The highest BCUT2D eigenvalue weighted by atomic mass is 32.1. The molecule has 0 N–H and O–H groups in total. The quantitative estimate of drug-likeness (QED) is 0.156. The summed E-state index contributed by atoms with van der Waals surface area (Å²) >= 11 is 1.91. The van der Waals surface area contributed by atoms with Crippen molar-refractivity contribution in [1.29, 1.82) is 0 Å². The summed E-state index contributed by atoms with van der Waals surface area (Å²) in [6.07, 6.45) is 0. The maximum atomic E-state index is 2.66. The molecule has 2 aliphatic rings. The Kier molecular flexibility index (Phi) is 6.39. The largest absolute Gasteiger partial charge is 0.376 e. The third-order valence-electron chi connectivity index (χ3n) is 11.9. The fourth-order valence-electron chi connectivity index (χ4n) is 8.95. The SMILES string of the molecule is CC(C)(C)c1ccc(N2B3c4cc(C(C)(C)C)ccc4-n4c5cc6sc7ccccc7c6cc5c5ccc(c3c54)-c3cc(C(C)(C)C)ccc32)cc1. The Morgan fingerprint density at radius 3 is 1.87 bits per heavy atom. The zero-order valence-electron chi connectivity index (χ0n) is 31.8. The van der Waals surface area contributed by atoms with Gasteiger partial charge in [0.2, 0.25) is 0 Å². The number of anilines is 2. The van der Waals surface area contributed by atoms with Gasteiger partial charge in [0.25, 0.3) is 0 Å². The number of aromatic nitrogens is 1. The molecule has 0 saturated heterocycles. The summed E-state index contributed by atoms with van der Waals surface area (Å²) in [6.45, 7) is 20.9. The molecule has 0 saturated carbocycles. The molecule has 4 heterocycles. The van der Waals surface area contributed by atoms with Gasteiger partial charge in [0.1, 0.15) is 0 Å². The van der Waals surface area contributed by atoms with Crippen LogP contribution in [-0.2, 0) is 16.2 Å². The molecule has 0 radical (unpaired) electrons. The highest BCUT2D eigenvalue weighted by molar-refractivity contribution is 7.25. The lowest BCUT2D eigenvalue weighted by molar-refractivity contribution is 0.590. The van der Waals surface area contributed by atoms with Gasteiger partial charge in [0, 0.05) is 53.6 Å². The third kappa shape index (κ3) is 4.43. The molecule has 8 aromatic rings. The lowest BCUT2D eigenvalue weighted by atomic mass is 9.43. The van der Waals surface area contributed by atoms with Crippen molar-refractivity contribution in [1.82, 2.24) is 4.57 Å². The second-order valence-electron chi connectivity index (χ2n) is 18.3. The summed E-state index contributed by atoms with van der Waals surface area (Å²) in [7, 11) is 0. The van der Waals surface area contributed by atoms with Crippen LogP contribution in [0.4, 0.5) is 11.4 Å². The van der Waals surface area contributed by atoms with E-state index in [0.717, 1.165) is 0 Å². The minimum Gasteiger partial charge on any atom is -0.376 e. The highest BCUT2D eigenvalue weighted by Gasteiger charge is 2.44. The van der Waals surface area contributed by atoms with Crippen LogP contribution >= 0.6 is 11.3 Å². The lowest BCUT2D eigenvalue weighted by Crippen LogP contribution is -2.60. The summed E-state index contributed by atoms with van der Waals surface area (Å²) in [5, 5.41) is 5.36. The Morgan fingerprint density at radius 1 is 0.500 bits per heavy atom. The Bertz CT molecular complexity index is 2790. The first-order valence-corrected chi connectivity index (χ1v) is 19.6. The van der Waals surface area contributed by atoms with Gasteiger partial charge in [-0.1, -0.05) is 123 Å². The average molecular weight is 693 g/mol. The number of benzene rings is 6. The molecule has 10 rings (SSSR count). The molecule has 2 aliphatic heterocycles. The van der Waals surface area contributed by atoms with Crippen molar-refractivity contribution in [3.63, 3.8) is 0 Å². The summed E-state index contributed by atoms with van der Waals surface area (Å²) < 4.78 is 5.31. The molecule has 0 fully saturated rings. The molecule has 256 valence electrons. The number of rotatable bonds is 1. The molecular weight excluding hydrogens is 647 g/mol. The summed E-state index contributed by atoms with van der Waals surface area (Å²) in [4.78, 5) is 2.66. The van der Waals surface area contributed by atoms with Crippen LogP contribution in [0.2, 0.25) is 0 Å². The molecule has 0 atom stereocenters. The lowest BCUT2D eigenvalue weighted by Gasteiger charge is -2.43. The van der Waals surface area contributed by atoms with Crippen LogP contribution < -0.4 is 15.7 Å². The number of thiophene rings is 1. The van der Waals surface area contributed by atoms with Crippen LogP contribution in [0.25, 0.3) is 58.8 Å². The maximum Gasteiger partial charge on any atom is 0.333 e. The van der Waals surface area contributed by atoms with Crippen LogP contribution in [0.5, 0.6) is 0 Å². The maximum absolute atomic E-state index is 2.66. The predicted molar refractivity (Wildman–Crippen MR) is 229 cm³/mol. The second-order valence-corrected chi connectivity index (χ2v) is 19.4. The van der Waals surface area contributed by atoms with E-state index in [-0.39, 0.29) is 23.1 Å².